The molecule has 1 heterocycles. The third kappa shape index (κ3) is 2.50. The average Bonchev–Trinajstić information content (AvgIpc) is 2.62. The number of hydrogen-bond donors (Lipinski definition) is 1. The minimum Gasteiger partial charge on any atom is -0.504 e. The Balaban J connectivity index is 1.61. The molecule has 0 amide bonds. The van der Waals surface area contributed by atoms with Gasteiger partial charge in [-0.1, -0.05) is 26.3 Å². The van der Waals surface area contributed by atoms with Gasteiger partial charge in [-0.15, -0.1) is 0 Å². The first kappa shape index (κ1) is 17.8. The van der Waals surface area contributed by atoms with Gasteiger partial charge < -0.3 is 9.84 Å². The van der Waals surface area contributed by atoms with Crippen LogP contribution in [0.2, 0.25) is 0 Å². The molecule has 2 saturated carbocycles. The SMILES string of the molecule is COc1ccc2c(c1O)[C@@]13CC[C@@H](C)[C@H](C)[C@H]1[C@@H](C2)N(CC1CCC1)CC3. The third-order valence-electron chi connectivity index (χ3n) is 8.97. The van der Waals surface area contributed by atoms with Crippen LogP contribution in [0, 0.1) is 23.7 Å². The second kappa shape index (κ2) is 6.40. The minimum atomic E-state index is 0.152. The fraction of sp³-hybridized carbons (Fsp3) is 0.750. The van der Waals surface area contributed by atoms with Crippen LogP contribution in [0.4, 0.5) is 0 Å². The lowest BCUT2D eigenvalue weighted by Crippen LogP contribution is -2.64. The molecule has 3 fully saturated rings. The maximum atomic E-state index is 11.2. The molecule has 1 saturated heterocycles. The molecule has 1 N–H and O–H groups in total. The first-order chi connectivity index (χ1) is 13.0. The third-order valence-corrected chi connectivity index (χ3v) is 8.97. The largest absolute Gasteiger partial charge is 0.504 e. The number of methoxy groups -OCH3 is 1. The van der Waals surface area contributed by atoms with E-state index in [1.807, 2.05) is 6.07 Å². The van der Waals surface area contributed by atoms with Crippen LogP contribution in [0.15, 0.2) is 12.1 Å². The van der Waals surface area contributed by atoms with Crippen LogP contribution >= 0.6 is 0 Å². The zero-order valence-corrected chi connectivity index (χ0v) is 17.2. The monoisotopic (exact) mass is 369 g/mol. The minimum absolute atomic E-state index is 0.152. The maximum Gasteiger partial charge on any atom is 0.161 e. The number of ether oxygens (including phenoxy) is 1. The van der Waals surface area contributed by atoms with Crippen LogP contribution < -0.4 is 4.74 Å². The van der Waals surface area contributed by atoms with E-state index in [1.165, 1.54) is 62.7 Å². The van der Waals surface area contributed by atoms with Crippen molar-refractivity contribution in [1.29, 1.82) is 0 Å². The number of piperidine rings is 1. The molecule has 4 aliphatic rings. The Morgan fingerprint density at radius 1 is 1.19 bits per heavy atom. The lowest BCUT2D eigenvalue weighted by Gasteiger charge is -2.62. The molecule has 5 rings (SSSR count). The van der Waals surface area contributed by atoms with E-state index >= 15 is 0 Å². The topological polar surface area (TPSA) is 32.7 Å². The first-order valence-electron chi connectivity index (χ1n) is 11.2. The normalized spacial score (nSPS) is 38.6. The molecule has 3 heteroatoms. The highest BCUT2D eigenvalue weighted by atomic mass is 16.5. The number of nitrogens with zero attached hydrogens (tertiary/aromatic N) is 1. The molecule has 0 spiro atoms. The smallest absolute Gasteiger partial charge is 0.161 e. The van der Waals surface area contributed by atoms with E-state index in [-0.39, 0.29) is 5.41 Å². The number of phenolic OH excluding ortho intramolecular Hbond substituents is 1. The molecule has 148 valence electrons. The van der Waals surface area contributed by atoms with Gasteiger partial charge in [-0.25, -0.2) is 0 Å². The summed E-state index contributed by atoms with van der Waals surface area (Å²) in [5.41, 5.74) is 2.79. The number of benzene rings is 1. The van der Waals surface area contributed by atoms with Crippen molar-refractivity contribution >= 4 is 0 Å². The van der Waals surface area contributed by atoms with Crippen molar-refractivity contribution in [2.75, 3.05) is 20.2 Å². The van der Waals surface area contributed by atoms with Crippen molar-refractivity contribution in [3.05, 3.63) is 23.3 Å². The van der Waals surface area contributed by atoms with Gasteiger partial charge in [0.15, 0.2) is 11.5 Å². The number of phenols is 1. The second-order valence-electron chi connectivity index (χ2n) is 10.0. The Bertz CT molecular complexity index is 727. The van der Waals surface area contributed by atoms with Crippen LogP contribution in [0.5, 0.6) is 11.5 Å². The molecule has 1 aromatic carbocycles. The van der Waals surface area contributed by atoms with Gasteiger partial charge in [0, 0.05) is 23.6 Å². The van der Waals surface area contributed by atoms with E-state index in [0.717, 1.165) is 18.3 Å². The van der Waals surface area contributed by atoms with Crippen molar-refractivity contribution in [1.82, 2.24) is 4.90 Å². The first-order valence-corrected chi connectivity index (χ1v) is 11.2. The fourth-order valence-corrected chi connectivity index (χ4v) is 7.15. The van der Waals surface area contributed by atoms with Gasteiger partial charge in [-0.3, -0.25) is 4.90 Å². The molecule has 5 atom stereocenters. The predicted molar refractivity (Wildman–Crippen MR) is 108 cm³/mol. The number of fused-ring (bicyclic) bond motifs is 1. The van der Waals surface area contributed by atoms with Gasteiger partial charge in [-0.2, -0.15) is 0 Å². The zero-order valence-electron chi connectivity index (χ0n) is 17.2. The van der Waals surface area contributed by atoms with Crippen molar-refractivity contribution in [3.63, 3.8) is 0 Å². The van der Waals surface area contributed by atoms with Crippen LogP contribution in [-0.4, -0.2) is 36.2 Å². The Morgan fingerprint density at radius 3 is 2.70 bits per heavy atom. The van der Waals surface area contributed by atoms with E-state index in [2.05, 4.69) is 24.8 Å². The van der Waals surface area contributed by atoms with E-state index in [4.69, 9.17) is 4.74 Å². The Kier molecular flexibility index (Phi) is 4.23. The van der Waals surface area contributed by atoms with E-state index < -0.39 is 0 Å². The Morgan fingerprint density at radius 2 is 2.00 bits per heavy atom. The highest BCUT2D eigenvalue weighted by molar-refractivity contribution is 5.56. The number of aromatic hydroxyl groups is 1. The van der Waals surface area contributed by atoms with Crippen molar-refractivity contribution in [3.8, 4) is 11.5 Å². The van der Waals surface area contributed by atoms with Crippen LogP contribution in [0.25, 0.3) is 0 Å². The summed E-state index contributed by atoms with van der Waals surface area (Å²) in [7, 11) is 1.68. The predicted octanol–water partition coefficient (Wildman–Crippen LogP) is 4.75. The van der Waals surface area contributed by atoms with E-state index in [0.29, 0.717) is 29.4 Å². The standard InChI is InChI=1S/C24H35NO2/c1-15-9-10-24-11-12-25(14-17-5-4-6-17)19(21(24)16(15)2)13-18-7-8-20(27-3)23(26)22(18)24/h7-8,15-17,19,21,26H,4-6,9-14H2,1-3H3/t15-,16+,19-,21+,24-/m1/s1. The fourth-order valence-electron chi connectivity index (χ4n) is 7.15. The molecule has 3 nitrogen and oxygen atoms in total. The Labute approximate surface area is 164 Å². The molecule has 27 heavy (non-hydrogen) atoms. The number of likely N-dealkylation sites (tertiary alicyclic amines) is 1. The van der Waals surface area contributed by atoms with Gasteiger partial charge in [0.2, 0.25) is 0 Å². The van der Waals surface area contributed by atoms with Gasteiger partial charge in [0.1, 0.15) is 0 Å². The molecule has 1 aromatic rings. The van der Waals surface area contributed by atoms with Gasteiger partial charge in [-0.05, 0) is 80.4 Å². The van der Waals surface area contributed by atoms with Crippen LogP contribution in [0.1, 0.15) is 63.5 Å². The number of hydrogen-bond acceptors (Lipinski definition) is 3. The van der Waals surface area contributed by atoms with E-state index in [9.17, 15) is 5.11 Å². The van der Waals surface area contributed by atoms with Crippen LogP contribution in [0.3, 0.4) is 0 Å². The highest BCUT2D eigenvalue weighted by Crippen LogP contribution is 2.61. The van der Waals surface area contributed by atoms with E-state index in [1.54, 1.807) is 7.11 Å². The summed E-state index contributed by atoms with van der Waals surface area (Å²) in [4.78, 5) is 2.85. The summed E-state index contributed by atoms with van der Waals surface area (Å²) in [6.45, 7) is 7.44. The summed E-state index contributed by atoms with van der Waals surface area (Å²) in [5, 5.41) is 11.2. The molecule has 3 aliphatic carbocycles. The maximum absolute atomic E-state index is 11.2. The van der Waals surface area contributed by atoms with Gasteiger partial charge >= 0.3 is 0 Å². The van der Waals surface area contributed by atoms with Crippen molar-refractivity contribution < 1.29 is 9.84 Å². The summed E-state index contributed by atoms with van der Waals surface area (Å²) in [6.07, 6.45) is 9.10. The highest BCUT2D eigenvalue weighted by Gasteiger charge is 2.58. The number of rotatable bonds is 3. The van der Waals surface area contributed by atoms with Gasteiger partial charge in [0.25, 0.3) is 0 Å². The average molecular weight is 370 g/mol. The quantitative estimate of drug-likeness (QED) is 0.834. The molecule has 2 bridgehead atoms. The van der Waals surface area contributed by atoms with Crippen molar-refractivity contribution in [2.45, 2.75) is 70.3 Å². The molecule has 0 aromatic heterocycles. The van der Waals surface area contributed by atoms with Gasteiger partial charge in [0.05, 0.1) is 7.11 Å². The van der Waals surface area contributed by atoms with Crippen LogP contribution in [-0.2, 0) is 11.8 Å². The second-order valence-corrected chi connectivity index (χ2v) is 10.0. The molecule has 0 unspecified atom stereocenters. The summed E-state index contributed by atoms with van der Waals surface area (Å²) >= 11 is 0. The lowest BCUT2D eigenvalue weighted by molar-refractivity contribution is -0.0653. The molecule has 0 radical (unpaired) electrons. The summed E-state index contributed by atoms with van der Waals surface area (Å²) in [5.74, 6) is 4.19. The lowest BCUT2D eigenvalue weighted by atomic mass is 9.48. The molecular formula is C24H35NO2. The van der Waals surface area contributed by atoms with Crippen molar-refractivity contribution in [2.24, 2.45) is 23.7 Å². The Hall–Kier alpha value is -1.22. The zero-order chi connectivity index (χ0) is 18.8. The molecular weight excluding hydrogens is 334 g/mol. The summed E-state index contributed by atoms with van der Waals surface area (Å²) in [6, 6.07) is 4.87. The molecule has 1 aliphatic heterocycles. The summed E-state index contributed by atoms with van der Waals surface area (Å²) < 4.78 is 5.51.